The second-order valence-corrected chi connectivity index (χ2v) is 4.54. The fourth-order valence-electron chi connectivity index (χ4n) is 2.23. The molecular formula is C19H24Cl2OTi. The molecule has 0 fully saturated rings. The normalized spacial score (nSPS) is 11.3. The van der Waals surface area contributed by atoms with Gasteiger partial charge in [-0.1, -0.05) is 46.9 Å². The van der Waals surface area contributed by atoms with Gasteiger partial charge in [0, 0.05) is 6.61 Å². The molecule has 0 aromatic heterocycles. The largest absolute Gasteiger partial charge is 2.00 e. The quantitative estimate of drug-likeness (QED) is 0.494. The summed E-state index contributed by atoms with van der Waals surface area (Å²) in [5, 5.41) is 10.0. The van der Waals surface area contributed by atoms with Crippen molar-refractivity contribution < 1.29 is 26.8 Å². The number of benzene rings is 2. The predicted molar refractivity (Wildman–Crippen MR) is 103 cm³/mol. The summed E-state index contributed by atoms with van der Waals surface area (Å²) in [5.41, 5.74) is 4.01. The molecule has 0 unspecified atom stereocenters. The molecule has 2 aromatic rings. The number of hydrogen-bond acceptors (Lipinski definition) is 1. The fourth-order valence-corrected chi connectivity index (χ4v) is 2.23. The molecule has 4 heteroatoms. The van der Waals surface area contributed by atoms with Gasteiger partial charge in [0.2, 0.25) is 0 Å². The van der Waals surface area contributed by atoms with Crippen molar-refractivity contribution in [2.75, 3.05) is 6.61 Å². The maximum absolute atomic E-state index is 7.57. The van der Waals surface area contributed by atoms with E-state index in [-0.39, 0.29) is 60.6 Å². The van der Waals surface area contributed by atoms with E-state index in [0.29, 0.717) is 0 Å². The molecule has 1 N–H and O–H groups in total. The van der Waals surface area contributed by atoms with Gasteiger partial charge >= 0.3 is 21.7 Å². The van der Waals surface area contributed by atoms with Crippen molar-refractivity contribution in [1.29, 1.82) is 0 Å². The van der Waals surface area contributed by atoms with E-state index in [1.54, 1.807) is 6.92 Å². The van der Waals surface area contributed by atoms with Gasteiger partial charge in [0.15, 0.2) is 0 Å². The van der Waals surface area contributed by atoms with E-state index in [0.717, 1.165) is 6.42 Å². The summed E-state index contributed by atoms with van der Waals surface area (Å²) < 4.78 is 0. The molecule has 0 atom stereocenters. The Hall–Kier alpha value is -0.566. The maximum Gasteiger partial charge on any atom is 2.00 e. The van der Waals surface area contributed by atoms with Crippen molar-refractivity contribution in [3.63, 3.8) is 0 Å². The molecule has 0 saturated carbocycles. The van der Waals surface area contributed by atoms with Crippen molar-refractivity contribution in [1.82, 2.24) is 0 Å². The van der Waals surface area contributed by atoms with E-state index < -0.39 is 0 Å². The Kier molecular flexibility index (Phi) is 16.4. The molecule has 0 bridgehead atoms. The Balaban J connectivity index is -0.000000534. The van der Waals surface area contributed by atoms with Gasteiger partial charge in [-0.15, -0.1) is 60.0 Å². The van der Waals surface area contributed by atoms with Gasteiger partial charge < -0.3 is 12.5 Å². The first kappa shape index (κ1) is 27.3. The van der Waals surface area contributed by atoms with Crippen LogP contribution in [0.25, 0.3) is 16.3 Å². The van der Waals surface area contributed by atoms with E-state index in [2.05, 4.69) is 61.5 Å². The molecule has 0 saturated heterocycles. The smallest absolute Gasteiger partial charge is 0.397 e. The number of halogens is 2. The number of fused-ring (bicyclic) bond motifs is 1. The Morgan fingerprint density at radius 3 is 2.26 bits per heavy atom. The molecule has 0 amide bonds. The van der Waals surface area contributed by atoms with E-state index in [1.165, 1.54) is 27.5 Å². The summed E-state index contributed by atoms with van der Waals surface area (Å²) >= 11 is 0. The van der Waals surface area contributed by atoms with Gasteiger partial charge in [0.05, 0.1) is 0 Å². The second-order valence-electron chi connectivity index (χ2n) is 4.54. The monoisotopic (exact) mass is 386 g/mol. The first-order valence-corrected chi connectivity index (χ1v) is 6.65. The molecule has 0 heterocycles. The number of allylic oxidation sites excluding steroid dienone is 4. The van der Waals surface area contributed by atoms with Gasteiger partial charge in [-0.05, 0) is 20.3 Å². The molecule has 1 aliphatic rings. The Labute approximate surface area is 167 Å². The molecule has 1 nitrogen and oxygen atoms in total. The average Bonchev–Trinajstić information content (AvgIpc) is 2.85. The van der Waals surface area contributed by atoms with Crippen LogP contribution in [0, 0.1) is 13.5 Å². The van der Waals surface area contributed by atoms with Gasteiger partial charge in [-0.3, -0.25) is 0 Å². The molecule has 1 aliphatic carbocycles. The summed E-state index contributed by atoms with van der Waals surface area (Å²) in [6, 6.07) is 16.2. The molecule has 124 valence electrons. The Morgan fingerprint density at radius 1 is 1.09 bits per heavy atom. The summed E-state index contributed by atoms with van der Waals surface area (Å²) in [5.74, 6) is 0. The number of aliphatic hydroxyl groups excluding tert-OH is 1. The van der Waals surface area contributed by atoms with Crippen molar-refractivity contribution in [3.8, 4) is 0 Å². The summed E-state index contributed by atoms with van der Waals surface area (Å²) in [6.07, 6.45) is 5.45. The van der Waals surface area contributed by atoms with E-state index in [9.17, 15) is 0 Å². The van der Waals surface area contributed by atoms with Crippen LogP contribution in [-0.4, -0.2) is 11.7 Å². The minimum Gasteiger partial charge on any atom is -0.397 e. The molecule has 23 heavy (non-hydrogen) atoms. The molecule has 2 aromatic carbocycles. The van der Waals surface area contributed by atoms with Crippen LogP contribution >= 0.6 is 24.8 Å². The molecule has 3 rings (SSSR count). The topological polar surface area (TPSA) is 20.2 Å². The summed E-state index contributed by atoms with van der Waals surface area (Å²) in [7, 11) is 0. The van der Waals surface area contributed by atoms with Crippen LogP contribution in [0.2, 0.25) is 0 Å². The van der Waals surface area contributed by atoms with Crippen LogP contribution in [0.3, 0.4) is 0 Å². The zero-order chi connectivity index (χ0) is 13.7. The first-order valence-electron chi connectivity index (χ1n) is 6.65. The number of rotatable bonds is 1. The van der Waals surface area contributed by atoms with Gasteiger partial charge in [0.1, 0.15) is 0 Å². The molecule has 0 radical (unpaired) electrons. The third-order valence-corrected chi connectivity index (χ3v) is 3.15. The zero-order valence-corrected chi connectivity index (χ0v) is 17.0. The second kappa shape index (κ2) is 13.8. The van der Waals surface area contributed by atoms with Crippen LogP contribution in [0.5, 0.6) is 0 Å². The zero-order valence-electron chi connectivity index (χ0n) is 13.8. The minimum atomic E-state index is 0. The van der Waals surface area contributed by atoms with Crippen molar-refractivity contribution in [2.45, 2.75) is 20.3 Å². The first-order chi connectivity index (χ1) is 9.26. The number of aliphatic hydroxyl groups is 1. The van der Waals surface area contributed by atoms with E-state index in [4.69, 9.17) is 5.11 Å². The number of hydrogen-bond donors (Lipinski definition) is 1. The van der Waals surface area contributed by atoms with Gasteiger partial charge in [0.25, 0.3) is 0 Å². The predicted octanol–water partition coefficient (Wildman–Crippen LogP) is 5.66. The average molecular weight is 387 g/mol. The van der Waals surface area contributed by atoms with Crippen molar-refractivity contribution in [3.05, 3.63) is 73.2 Å². The third kappa shape index (κ3) is 7.24. The van der Waals surface area contributed by atoms with Gasteiger partial charge in [-0.2, -0.15) is 0 Å². The Bertz CT molecular complexity index is 636. The Morgan fingerprint density at radius 2 is 1.70 bits per heavy atom. The van der Waals surface area contributed by atoms with Gasteiger partial charge in [-0.25, -0.2) is 0 Å². The molecular weight excluding hydrogens is 363 g/mol. The van der Waals surface area contributed by atoms with Crippen LogP contribution in [0.1, 0.15) is 25.8 Å². The van der Waals surface area contributed by atoms with E-state index >= 15 is 0 Å². The maximum atomic E-state index is 7.57. The fraction of sp³-hybridized carbons (Fsp3) is 0.211. The standard InChI is InChI=1S/C16H13.C2H6O.CH3.2ClH.Ti/c1-12-5-4-8-16(12)15-10-9-13-6-2-3-7-14(13)11-15;1-2-3;;;;/h2-7,9-10H,8H2,1H3;3H,2H2,1H3;1H3;2*1H;/q-1;;-1;;;+2. The molecule has 0 aliphatic heterocycles. The molecule has 0 spiro atoms. The van der Waals surface area contributed by atoms with Crippen molar-refractivity contribution in [2.24, 2.45) is 0 Å². The minimum absolute atomic E-state index is 0. The van der Waals surface area contributed by atoms with Crippen molar-refractivity contribution >= 4 is 41.2 Å². The summed E-state index contributed by atoms with van der Waals surface area (Å²) in [6.45, 7) is 4.10. The van der Waals surface area contributed by atoms with E-state index in [1.807, 2.05) is 0 Å². The third-order valence-electron chi connectivity index (χ3n) is 3.15. The SMILES string of the molecule is CC1=C(c2[c-]c3ccccc3cc2)CC=C1.CCO.Cl.Cl.[CH3-].[Ti+2]. The summed E-state index contributed by atoms with van der Waals surface area (Å²) in [4.78, 5) is 0. The van der Waals surface area contributed by atoms with Crippen LogP contribution < -0.4 is 0 Å². The van der Waals surface area contributed by atoms with Crippen LogP contribution in [-0.2, 0) is 21.7 Å². The van der Waals surface area contributed by atoms with Crippen LogP contribution in [0.15, 0.2) is 54.1 Å². The van der Waals surface area contributed by atoms with Crippen LogP contribution in [0.4, 0.5) is 0 Å².